The van der Waals surface area contributed by atoms with Crippen molar-refractivity contribution in [1.82, 2.24) is 10.2 Å². The molecule has 0 amide bonds. The number of fused-ring (bicyclic) bond motifs is 2. The van der Waals surface area contributed by atoms with Crippen molar-refractivity contribution in [2.75, 3.05) is 26.7 Å². The minimum atomic E-state index is 0.869. The van der Waals surface area contributed by atoms with Crippen LogP contribution in [0.3, 0.4) is 0 Å². The molecule has 2 heteroatoms. The third-order valence-electron chi connectivity index (χ3n) is 5.27. The Bertz CT molecular complexity index is 249. The number of rotatable bonds is 7. The van der Waals surface area contributed by atoms with Crippen LogP contribution in [-0.4, -0.2) is 37.6 Å². The molecule has 3 aliphatic rings. The van der Waals surface area contributed by atoms with Gasteiger partial charge in [-0.2, -0.15) is 0 Å². The van der Waals surface area contributed by atoms with Gasteiger partial charge in [-0.15, -0.1) is 0 Å². The first-order valence-corrected chi connectivity index (χ1v) is 7.73. The molecule has 3 fully saturated rings. The highest BCUT2D eigenvalue weighted by Crippen LogP contribution is 2.49. The van der Waals surface area contributed by atoms with Crippen LogP contribution in [0.2, 0.25) is 0 Å². The first kappa shape index (κ1) is 12.0. The van der Waals surface area contributed by atoms with E-state index in [0.717, 1.165) is 23.8 Å². The minimum Gasteiger partial charge on any atom is -0.313 e. The largest absolute Gasteiger partial charge is 0.313 e. The van der Waals surface area contributed by atoms with E-state index in [-0.39, 0.29) is 0 Å². The Hall–Kier alpha value is -0.0800. The highest BCUT2D eigenvalue weighted by Gasteiger charge is 2.38. The van der Waals surface area contributed by atoms with Gasteiger partial charge in [-0.3, -0.25) is 0 Å². The van der Waals surface area contributed by atoms with Crippen molar-refractivity contribution >= 4 is 0 Å². The number of likely N-dealkylation sites (N-methyl/N-ethyl adjacent to an activating group) is 1. The fraction of sp³-hybridized carbons (Fsp3) is 1.00. The van der Waals surface area contributed by atoms with E-state index in [0.29, 0.717) is 0 Å². The van der Waals surface area contributed by atoms with Gasteiger partial charge in [0.25, 0.3) is 0 Å². The molecule has 0 heterocycles. The SMILES string of the molecule is CN(CCNC1CC1)CCC1CC2CCC1C2. The van der Waals surface area contributed by atoms with E-state index in [1.165, 1.54) is 38.9 Å². The molecule has 0 aliphatic heterocycles. The summed E-state index contributed by atoms with van der Waals surface area (Å²) in [5, 5.41) is 3.60. The van der Waals surface area contributed by atoms with Gasteiger partial charge in [-0.25, -0.2) is 0 Å². The fourth-order valence-electron chi connectivity index (χ4n) is 3.98. The number of nitrogens with one attached hydrogen (secondary N) is 1. The summed E-state index contributed by atoms with van der Waals surface area (Å²) in [6.45, 7) is 3.75. The van der Waals surface area contributed by atoms with Crippen molar-refractivity contribution in [3.05, 3.63) is 0 Å². The maximum Gasteiger partial charge on any atom is 0.0104 e. The summed E-state index contributed by atoms with van der Waals surface area (Å²) in [5.41, 5.74) is 0. The van der Waals surface area contributed by atoms with Gasteiger partial charge in [0.05, 0.1) is 0 Å². The maximum absolute atomic E-state index is 3.60. The van der Waals surface area contributed by atoms with Crippen LogP contribution >= 0.6 is 0 Å². The highest BCUT2D eigenvalue weighted by molar-refractivity contribution is 4.90. The first-order chi connectivity index (χ1) is 8.31. The quantitative estimate of drug-likeness (QED) is 0.730. The molecule has 0 spiro atoms. The van der Waals surface area contributed by atoms with E-state index < -0.39 is 0 Å². The Morgan fingerprint density at radius 1 is 1.06 bits per heavy atom. The molecule has 3 atom stereocenters. The Morgan fingerprint density at radius 2 is 1.94 bits per heavy atom. The van der Waals surface area contributed by atoms with Gasteiger partial charge in [0.1, 0.15) is 0 Å². The lowest BCUT2D eigenvalue weighted by atomic mass is 9.86. The topological polar surface area (TPSA) is 15.3 Å². The summed E-state index contributed by atoms with van der Waals surface area (Å²) in [7, 11) is 2.29. The second-order valence-corrected chi connectivity index (χ2v) is 6.76. The molecular formula is C15H28N2. The van der Waals surface area contributed by atoms with Gasteiger partial charge >= 0.3 is 0 Å². The van der Waals surface area contributed by atoms with Crippen molar-refractivity contribution in [3.63, 3.8) is 0 Å². The normalized spacial score (nSPS) is 36.0. The lowest BCUT2D eigenvalue weighted by Gasteiger charge is -2.24. The van der Waals surface area contributed by atoms with E-state index in [1.807, 2.05) is 0 Å². The Kier molecular flexibility index (Phi) is 3.72. The molecule has 3 aliphatic carbocycles. The van der Waals surface area contributed by atoms with Gasteiger partial charge < -0.3 is 10.2 Å². The summed E-state index contributed by atoms with van der Waals surface area (Å²) >= 11 is 0. The average Bonchev–Trinajstić information content (AvgIpc) is 2.91. The van der Waals surface area contributed by atoms with Crippen LogP contribution in [0.1, 0.15) is 44.9 Å². The van der Waals surface area contributed by atoms with Crippen LogP contribution in [0, 0.1) is 17.8 Å². The molecule has 1 N–H and O–H groups in total. The Labute approximate surface area is 106 Å². The van der Waals surface area contributed by atoms with Crippen LogP contribution < -0.4 is 5.32 Å². The summed E-state index contributed by atoms with van der Waals surface area (Å²) in [4.78, 5) is 2.53. The molecule has 3 unspecified atom stereocenters. The van der Waals surface area contributed by atoms with Crippen molar-refractivity contribution < 1.29 is 0 Å². The van der Waals surface area contributed by atoms with E-state index in [4.69, 9.17) is 0 Å². The molecule has 98 valence electrons. The fourth-order valence-corrected chi connectivity index (χ4v) is 3.98. The van der Waals surface area contributed by atoms with Crippen molar-refractivity contribution in [3.8, 4) is 0 Å². The lowest BCUT2D eigenvalue weighted by molar-refractivity contribution is 0.252. The lowest BCUT2D eigenvalue weighted by Crippen LogP contribution is -2.32. The first-order valence-electron chi connectivity index (χ1n) is 7.73. The molecule has 3 saturated carbocycles. The van der Waals surface area contributed by atoms with E-state index in [2.05, 4.69) is 17.3 Å². The zero-order valence-electron chi connectivity index (χ0n) is 11.3. The third-order valence-corrected chi connectivity index (χ3v) is 5.27. The molecule has 17 heavy (non-hydrogen) atoms. The maximum atomic E-state index is 3.60. The monoisotopic (exact) mass is 236 g/mol. The molecule has 3 rings (SSSR count). The minimum absolute atomic E-state index is 0.869. The number of nitrogens with zero attached hydrogens (tertiary/aromatic N) is 1. The van der Waals surface area contributed by atoms with Crippen LogP contribution in [0.5, 0.6) is 0 Å². The second-order valence-electron chi connectivity index (χ2n) is 6.76. The molecule has 2 nitrogen and oxygen atoms in total. The summed E-state index contributed by atoms with van der Waals surface area (Å²) in [5.74, 6) is 3.30. The molecule has 2 bridgehead atoms. The van der Waals surface area contributed by atoms with E-state index >= 15 is 0 Å². The van der Waals surface area contributed by atoms with Crippen LogP contribution in [0.15, 0.2) is 0 Å². The van der Waals surface area contributed by atoms with Gasteiger partial charge in [0.2, 0.25) is 0 Å². The molecule has 0 radical (unpaired) electrons. The van der Waals surface area contributed by atoms with Crippen LogP contribution in [0.4, 0.5) is 0 Å². The zero-order chi connectivity index (χ0) is 11.7. The smallest absolute Gasteiger partial charge is 0.0104 e. The molecule has 0 saturated heterocycles. The number of hydrogen-bond donors (Lipinski definition) is 1. The Balaban J connectivity index is 1.28. The number of hydrogen-bond acceptors (Lipinski definition) is 2. The molecule has 0 aromatic carbocycles. The summed E-state index contributed by atoms with van der Waals surface area (Å²) < 4.78 is 0. The van der Waals surface area contributed by atoms with Crippen molar-refractivity contribution in [2.45, 2.75) is 51.0 Å². The highest BCUT2D eigenvalue weighted by atomic mass is 15.1. The van der Waals surface area contributed by atoms with Gasteiger partial charge in [0.15, 0.2) is 0 Å². The summed E-state index contributed by atoms with van der Waals surface area (Å²) in [6.07, 6.45) is 10.5. The Morgan fingerprint density at radius 3 is 2.59 bits per heavy atom. The predicted octanol–water partition coefficient (Wildman–Crippen LogP) is 2.50. The van der Waals surface area contributed by atoms with Crippen molar-refractivity contribution in [2.24, 2.45) is 17.8 Å². The second kappa shape index (κ2) is 5.27. The standard InChI is InChI=1S/C15H28N2/c1-17(9-7-16-15-4-5-15)8-6-14-11-12-2-3-13(14)10-12/h12-16H,2-11H2,1H3. The molecule has 0 aromatic heterocycles. The van der Waals surface area contributed by atoms with E-state index in [9.17, 15) is 0 Å². The van der Waals surface area contributed by atoms with E-state index in [1.54, 1.807) is 25.7 Å². The zero-order valence-corrected chi connectivity index (χ0v) is 11.3. The van der Waals surface area contributed by atoms with Crippen molar-refractivity contribution in [1.29, 1.82) is 0 Å². The third kappa shape index (κ3) is 3.23. The van der Waals surface area contributed by atoms with Gasteiger partial charge in [-0.05, 0) is 69.9 Å². The van der Waals surface area contributed by atoms with Crippen LogP contribution in [0.25, 0.3) is 0 Å². The van der Waals surface area contributed by atoms with Gasteiger partial charge in [-0.1, -0.05) is 6.42 Å². The van der Waals surface area contributed by atoms with Gasteiger partial charge in [0, 0.05) is 19.1 Å². The summed E-state index contributed by atoms with van der Waals surface area (Å²) in [6, 6.07) is 0.869. The average molecular weight is 236 g/mol. The predicted molar refractivity (Wildman–Crippen MR) is 72.1 cm³/mol. The molecule has 0 aromatic rings. The van der Waals surface area contributed by atoms with Crippen LogP contribution in [-0.2, 0) is 0 Å². The molecular weight excluding hydrogens is 208 g/mol.